The van der Waals surface area contributed by atoms with Gasteiger partial charge in [0.05, 0.1) is 0 Å². The van der Waals surface area contributed by atoms with E-state index >= 15 is 0 Å². The zero-order valence-corrected chi connectivity index (χ0v) is 31.5. The van der Waals surface area contributed by atoms with E-state index in [1.54, 1.807) is 0 Å². The lowest BCUT2D eigenvalue weighted by atomic mass is 9.87. The summed E-state index contributed by atoms with van der Waals surface area (Å²) in [5.74, 6) is 0. The Hall–Kier alpha value is -7.61. The summed E-state index contributed by atoms with van der Waals surface area (Å²) in [7, 11) is 0. The lowest BCUT2D eigenvalue weighted by Crippen LogP contribution is -1.90. The van der Waals surface area contributed by atoms with Crippen LogP contribution in [0.1, 0.15) is 0 Å². The molecule has 13 rings (SSSR count). The minimum absolute atomic E-state index is 1.18. The molecular weight excluding hydrogens is 699 g/mol. The molecule has 1 aromatic heterocycles. The molecule has 0 spiro atoms. The van der Waals surface area contributed by atoms with Crippen molar-refractivity contribution in [1.29, 1.82) is 0 Å². The molecule has 11 aromatic rings. The molecule has 0 saturated heterocycles. The molecule has 0 atom stereocenters. The van der Waals surface area contributed by atoms with E-state index in [2.05, 4.69) is 193 Å². The normalized spacial score (nSPS) is 12.1. The second kappa shape index (κ2) is 11.9. The fraction of sp³-hybridized carbons (Fsp3) is 0. The van der Waals surface area contributed by atoms with Crippen LogP contribution in [0.4, 0.5) is 0 Å². The van der Waals surface area contributed by atoms with Crippen molar-refractivity contribution in [2.45, 2.75) is 0 Å². The molecule has 0 unspecified atom stereocenters. The molecule has 0 amide bonds. The second-order valence-corrected chi connectivity index (χ2v) is 15.8. The van der Waals surface area contributed by atoms with Gasteiger partial charge < -0.3 is 0 Å². The van der Waals surface area contributed by atoms with Crippen LogP contribution in [0.25, 0.3) is 132 Å². The average Bonchev–Trinajstić information content (AvgIpc) is 3.80. The van der Waals surface area contributed by atoms with Crippen LogP contribution >= 0.6 is 0 Å². The van der Waals surface area contributed by atoms with Crippen molar-refractivity contribution in [3.05, 3.63) is 200 Å². The Morgan fingerprint density at radius 2 is 0.638 bits per heavy atom. The van der Waals surface area contributed by atoms with Crippen LogP contribution in [0, 0.1) is 0 Å². The summed E-state index contributed by atoms with van der Waals surface area (Å²) in [5, 5.41) is 10.3. The molecule has 2 aliphatic rings. The third-order valence-corrected chi connectivity index (χ3v) is 12.8. The van der Waals surface area contributed by atoms with Gasteiger partial charge in [0.2, 0.25) is 0 Å². The van der Waals surface area contributed by atoms with Gasteiger partial charge in [0.15, 0.2) is 0 Å². The topological polar surface area (TPSA) is 12.9 Å². The number of rotatable bonds is 4. The van der Waals surface area contributed by atoms with Crippen molar-refractivity contribution in [3.63, 3.8) is 0 Å². The lowest BCUT2D eigenvalue weighted by Gasteiger charge is -2.16. The molecule has 0 fully saturated rings. The van der Waals surface area contributed by atoms with Crippen molar-refractivity contribution >= 4 is 43.1 Å². The van der Waals surface area contributed by atoms with Gasteiger partial charge in [0.1, 0.15) is 0 Å². The van der Waals surface area contributed by atoms with Crippen LogP contribution in [0.2, 0.25) is 0 Å². The quantitative estimate of drug-likeness (QED) is 0.164. The van der Waals surface area contributed by atoms with Gasteiger partial charge in [0.25, 0.3) is 0 Å². The minimum atomic E-state index is 1.18. The molecular formula is C57H33N. The van der Waals surface area contributed by atoms with Gasteiger partial charge in [-0.25, -0.2) is 0 Å². The van der Waals surface area contributed by atoms with E-state index in [4.69, 9.17) is 0 Å². The smallest absolute Gasteiger partial charge is 0.0273 e. The summed E-state index contributed by atoms with van der Waals surface area (Å²) in [6.45, 7) is 0. The van der Waals surface area contributed by atoms with E-state index in [-0.39, 0.29) is 0 Å². The summed E-state index contributed by atoms with van der Waals surface area (Å²) in [6, 6.07) is 70.5. The number of hydrogen-bond acceptors (Lipinski definition) is 1. The Bertz CT molecular complexity index is 3340. The van der Waals surface area contributed by atoms with Gasteiger partial charge in [-0.05, 0) is 175 Å². The molecule has 0 bridgehead atoms. The van der Waals surface area contributed by atoms with E-state index in [0.717, 1.165) is 0 Å². The number of benzene rings is 10. The Balaban J connectivity index is 1.02. The Kier molecular flexibility index (Phi) is 6.50. The molecule has 0 saturated carbocycles. The van der Waals surface area contributed by atoms with E-state index in [0.29, 0.717) is 0 Å². The third-order valence-electron chi connectivity index (χ3n) is 12.8. The molecule has 2 aliphatic carbocycles. The molecule has 0 aliphatic heterocycles. The van der Waals surface area contributed by atoms with Crippen molar-refractivity contribution in [2.24, 2.45) is 0 Å². The van der Waals surface area contributed by atoms with E-state index in [1.807, 2.05) is 12.4 Å². The summed E-state index contributed by atoms with van der Waals surface area (Å²) < 4.78 is 0. The molecule has 1 heterocycles. The molecule has 58 heavy (non-hydrogen) atoms. The number of nitrogens with zero attached hydrogens (tertiary/aromatic N) is 1. The Labute approximate surface area is 336 Å². The highest BCUT2D eigenvalue weighted by Gasteiger charge is 2.25. The van der Waals surface area contributed by atoms with Crippen LogP contribution in [0.3, 0.4) is 0 Å². The standard InChI is InChI=1S/C57H33N/c1-3-9-48-46(7-1)52-13-5-11-50-44(21-23-54(48)56(50)52)40-31-39(32-41(33-40)45-22-24-55-49-10-4-2-8-47(49)53-14-6-12-51(45)57(53)55)36-18-20-43-38(30-36)16-15-37-29-35(17-19-42(37)43)34-25-27-58-28-26-34/h1-33H. The fourth-order valence-electron chi connectivity index (χ4n) is 10.2. The first-order valence-corrected chi connectivity index (χ1v) is 20.1. The number of hydrogen-bond donors (Lipinski definition) is 0. The molecule has 0 N–H and O–H groups in total. The van der Waals surface area contributed by atoms with E-state index in [1.165, 1.54) is 132 Å². The van der Waals surface area contributed by atoms with Gasteiger partial charge in [-0.3, -0.25) is 4.98 Å². The van der Waals surface area contributed by atoms with E-state index in [9.17, 15) is 0 Å². The molecule has 1 nitrogen and oxygen atoms in total. The van der Waals surface area contributed by atoms with Gasteiger partial charge >= 0.3 is 0 Å². The number of aromatic nitrogens is 1. The minimum Gasteiger partial charge on any atom is -0.265 e. The monoisotopic (exact) mass is 731 g/mol. The number of fused-ring (bicyclic) bond motifs is 9. The summed E-state index contributed by atoms with van der Waals surface area (Å²) in [5.41, 5.74) is 20.3. The highest BCUT2D eigenvalue weighted by atomic mass is 14.6. The summed E-state index contributed by atoms with van der Waals surface area (Å²) >= 11 is 0. The maximum Gasteiger partial charge on any atom is 0.0273 e. The molecule has 10 aromatic carbocycles. The van der Waals surface area contributed by atoms with Gasteiger partial charge in [0, 0.05) is 12.4 Å². The summed E-state index contributed by atoms with van der Waals surface area (Å²) in [6.07, 6.45) is 3.71. The Morgan fingerprint density at radius 1 is 0.224 bits per heavy atom. The first-order chi connectivity index (χ1) is 28.7. The first-order valence-electron chi connectivity index (χ1n) is 20.1. The Morgan fingerprint density at radius 3 is 1.14 bits per heavy atom. The zero-order valence-electron chi connectivity index (χ0n) is 31.5. The van der Waals surface area contributed by atoms with Crippen molar-refractivity contribution in [3.8, 4) is 89.0 Å². The maximum atomic E-state index is 4.21. The number of pyridine rings is 1. The largest absolute Gasteiger partial charge is 0.265 e. The van der Waals surface area contributed by atoms with E-state index < -0.39 is 0 Å². The molecule has 0 radical (unpaired) electrons. The highest BCUT2D eigenvalue weighted by Crippen LogP contribution is 2.52. The zero-order chi connectivity index (χ0) is 37.9. The second-order valence-electron chi connectivity index (χ2n) is 15.8. The van der Waals surface area contributed by atoms with Crippen LogP contribution in [-0.2, 0) is 0 Å². The van der Waals surface area contributed by atoms with Gasteiger partial charge in [-0.15, -0.1) is 0 Å². The fourth-order valence-corrected chi connectivity index (χ4v) is 10.2. The molecule has 266 valence electrons. The van der Waals surface area contributed by atoms with Crippen LogP contribution in [0.15, 0.2) is 200 Å². The third kappa shape index (κ3) is 4.50. The lowest BCUT2D eigenvalue weighted by molar-refractivity contribution is 1.33. The summed E-state index contributed by atoms with van der Waals surface area (Å²) in [4.78, 5) is 4.21. The molecule has 1 heteroatoms. The first kappa shape index (κ1) is 31.6. The SMILES string of the molecule is c1ccc2c(c1)-c1cccc3c(-c4cc(-c5ccc6c(ccc7cc(-c8ccncc8)ccc76)c5)cc(-c5ccc6c7c(cccc57)-c5ccccc5-6)c4)ccc-2c13. The predicted molar refractivity (Wildman–Crippen MR) is 245 cm³/mol. The van der Waals surface area contributed by atoms with Crippen LogP contribution in [0.5, 0.6) is 0 Å². The average molecular weight is 732 g/mol. The van der Waals surface area contributed by atoms with Gasteiger partial charge in [-0.2, -0.15) is 0 Å². The predicted octanol–water partition coefficient (Wildman–Crippen LogP) is 15.7. The van der Waals surface area contributed by atoms with Crippen molar-refractivity contribution in [2.75, 3.05) is 0 Å². The van der Waals surface area contributed by atoms with Crippen LogP contribution in [-0.4, -0.2) is 4.98 Å². The van der Waals surface area contributed by atoms with Crippen LogP contribution < -0.4 is 0 Å². The van der Waals surface area contributed by atoms with Crippen molar-refractivity contribution in [1.82, 2.24) is 4.98 Å². The van der Waals surface area contributed by atoms with Crippen molar-refractivity contribution < 1.29 is 0 Å². The highest BCUT2D eigenvalue weighted by molar-refractivity contribution is 6.20. The van der Waals surface area contributed by atoms with Gasteiger partial charge in [-0.1, -0.05) is 146 Å². The maximum absolute atomic E-state index is 4.21.